The normalized spacial score (nSPS) is 22.3. The molecule has 0 N–H and O–H groups in total. The Morgan fingerprint density at radius 3 is 2.52 bits per heavy atom. The minimum absolute atomic E-state index is 0.118. The SMILES string of the molecule is O=C1S/C(=C/c2ccccc2)C(=O)N1CC1CCCCC1. The van der Waals surface area contributed by atoms with E-state index in [4.69, 9.17) is 0 Å². The fourth-order valence-corrected chi connectivity index (χ4v) is 3.83. The van der Waals surface area contributed by atoms with Gasteiger partial charge >= 0.3 is 0 Å². The van der Waals surface area contributed by atoms with Gasteiger partial charge in [-0.1, -0.05) is 49.6 Å². The van der Waals surface area contributed by atoms with Crippen LogP contribution in [0, 0.1) is 5.92 Å². The lowest BCUT2D eigenvalue weighted by molar-refractivity contribution is -0.123. The maximum atomic E-state index is 12.4. The van der Waals surface area contributed by atoms with Crippen LogP contribution < -0.4 is 0 Å². The molecule has 1 saturated carbocycles. The third-order valence-corrected chi connectivity index (χ3v) is 5.04. The molecule has 2 aliphatic rings. The highest BCUT2D eigenvalue weighted by Crippen LogP contribution is 2.34. The van der Waals surface area contributed by atoms with E-state index in [9.17, 15) is 9.59 Å². The molecular formula is C17H19NO2S. The molecule has 0 spiro atoms. The first-order chi connectivity index (χ1) is 10.2. The molecule has 110 valence electrons. The molecule has 3 rings (SSSR count). The molecular weight excluding hydrogens is 282 g/mol. The molecule has 0 unspecified atom stereocenters. The van der Waals surface area contributed by atoms with Gasteiger partial charge in [-0.2, -0.15) is 0 Å². The molecule has 4 heteroatoms. The number of imide groups is 1. The van der Waals surface area contributed by atoms with Crippen LogP contribution in [0.5, 0.6) is 0 Å². The molecule has 1 aliphatic carbocycles. The van der Waals surface area contributed by atoms with Gasteiger partial charge in [0, 0.05) is 6.54 Å². The van der Waals surface area contributed by atoms with Crippen LogP contribution in [0.1, 0.15) is 37.7 Å². The van der Waals surface area contributed by atoms with Gasteiger partial charge in [0.25, 0.3) is 11.1 Å². The number of amides is 2. The van der Waals surface area contributed by atoms with Gasteiger partial charge in [0.2, 0.25) is 0 Å². The van der Waals surface area contributed by atoms with Crippen LogP contribution >= 0.6 is 11.8 Å². The summed E-state index contributed by atoms with van der Waals surface area (Å²) >= 11 is 1.06. The molecule has 2 amide bonds. The summed E-state index contributed by atoms with van der Waals surface area (Å²) < 4.78 is 0. The zero-order valence-corrected chi connectivity index (χ0v) is 12.8. The van der Waals surface area contributed by atoms with Crippen LogP contribution in [0.25, 0.3) is 6.08 Å². The Morgan fingerprint density at radius 2 is 1.81 bits per heavy atom. The minimum atomic E-state index is -0.126. The molecule has 1 aromatic carbocycles. The van der Waals surface area contributed by atoms with Gasteiger partial charge in [0.05, 0.1) is 4.91 Å². The number of carbonyl (C=O) groups is 2. The summed E-state index contributed by atoms with van der Waals surface area (Å²) in [5.41, 5.74) is 0.959. The van der Waals surface area contributed by atoms with Crippen molar-refractivity contribution in [3.05, 3.63) is 40.8 Å². The van der Waals surface area contributed by atoms with Crippen molar-refractivity contribution in [1.82, 2.24) is 4.90 Å². The summed E-state index contributed by atoms with van der Waals surface area (Å²) in [5.74, 6) is 0.364. The van der Waals surface area contributed by atoms with E-state index in [1.807, 2.05) is 36.4 Å². The quantitative estimate of drug-likeness (QED) is 0.781. The fraction of sp³-hybridized carbons (Fsp3) is 0.412. The molecule has 0 aromatic heterocycles. The van der Waals surface area contributed by atoms with Gasteiger partial charge in [0.15, 0.2) is 0 Å². The summed E-state index contributed by atoms with van der Waals surface area (Å²) in [6.07, 6.45) is 7.82. The Balaban J connectivity index is 1.71. The summed E-state index contributed by atoms with van der Waals surface area (Å²) in [4.78, 5) is 26.5. The average Bonchev–Trinajstić information content (AvgIpc) is 2.77. The van der Waals surface area contributed by atoms with Crippen LogP contribution in [0.3, 0.4) is 0 Å². The maximum Gasteiger partial charge on any atom is 0.293 e. The predicted molar refractivity (Wildman–Crippen MR) is 85.7 cm³/mol. The Morgan fingerprint density at radius 1 is 1.10 bits per heavy atom. The van der Waals surface area contributed by atoms with Gasteiger partial charge in [-0.3, -0.25) is 14.5 Å². The Labute approximate surface area is 129 Å². The number of carbonyl (C=O) groups excluding carboxylic acids is 2. The summed E-state index contributed by atoms with van der Waals surface area (Å²) in [6, 6.07) is 9.67. The zero-order valence-electron chi connectivity index (χ0n) is 12.0. The standard InChI is InChI=1S/C17H19NO2S/c19-16-15(11-13-7-3-1-4-8-13)21-17(20)18(16)12-14-9-5-2-6-10-14/h1,3-4,7-8,11,14H,2,5-6,9-10,12H2/b15-11+. The molecule has 0 radical (unpaired) electrons. The van der Waals surface area contributed by atoms with Crippen LogP contribution in [0.15, 0.2) is 35.2 Å². The van der Waals surface area contributed by atoms with E-state index < -0.39 is 0 Å². The lowest BCUT2D eigenvalue weighted by Crippen LogP contribution is -2.34. The highest BCUT2D eigenvalue weighted by atomic mass is 32.2. The summed E-state index contributed by atoms with van der Waals surface area (Å²) in [6.45, 7) is 0.594. The largest absolute Gasteiger partial charge is 0.293 e. The van der Waals surface area contributed by atoms with Crippen LogP contribution in [-0.4, -0.2) is 22.6 Å². The van der Waals surface area contributed by atoms with E-state index >= 15 is 0 Å². The highest BCUT2D eigenvalue weighted by Gasteiger charge is 2.36. The van der Waals surface area contributed by atoms with Gasteiger partial charge in [0.1, 0.15) is 0 Å². The van der Waals surface area contributed by atoms with Crippen LogP contribution in [-0.2, 0) is 4.79 Å². The number of rotatable bonds is 3. The first-order valence-electron chi connectivity index (χ1n) is 7.54. The Kier molecular flexibility index (Phi) is 4.44. The van der Waals surface area contributed by atoms with Crippen molar-refractivity contribution in [1.29, 1.82) is 0 Å². The van der Waals surface area contributed by atoms with Gasteiger partial charge in [-0.15, -0.1) is 0 Å². The van der Waals surface area contributed by atoms with Crippen molar-refractivity contribution in [2.45, 2.75) is 32.1 Å². The van der Waals surface area contributed by atoms with Crippen molar-refractivity contribution in [2.75, 3.05) is 6.54 Å². The third-order valence-electron chi connectivity index (χ3n) is 4.14. The first-order valence-corrected chi connectivity index (χ1v) is 8.36. The van der Waals surface area contributed by atoms with Crippen LogP contribution in [0.2, 0.25) is 0 Å². The van der Waals surface area contributed by atoms with Crippen molar-refractivity contribution in [2.24, 2.45) is 5.92 Å². The monoisotopic (exact) mass is 301 g/mol. The molecule has 1 aromatic rings. The average molecular weight is 301 g/mol. The summed E-state index contributed by atoms with van der Waals surface area (Å²) in [5, 5.41) is -0.118. The minimum Gasteiger partial charge on any atom is -0.268 e. The number of nitrogens with zero attached hydrogens (tertiary/aromatic N) is 1. The second-order valence-corrected chi connectivity index (χ2v) is 6.70. The maximum absolute atomic E-state index is 12.4. The molecule has 1 saturated heterocycles. The topological polar surface area (TPSA) is 37.4 Å². The highest BCUT2D eigenvalue weighted by molar-refractivity contribution is 8.18. The molecule has 3 nitrogen and oxygen atoms in total. The van der Waals surface area contributed by atoms with E-state index in [0.29, 0.717) is 17.4 Å². The van der Waals surface area contributed by atoms with E-state index in [1.54, 1.807) is 0 Å². The number of thioether (sulfide) groups is 1. The summed E-state index contributed by atoms with van der Waals surface area (Å²) in [7, 11) is 0. The molecule has 21 heavy (non-hydrogen) atoms. The number of hydrogen-bond acceptors (Lipinski definition) is 3. The van der Waals surface area contributed by atoms with Crippen LogP contribution in [0.4, 0.5) is 4.79 Å². The van der Waals surface area contributed by atoms with E-state index in [-0.39, 0.29) is 11.1 Å². The van der Waals surface area contributed by atoms with Crippen molar-refractivity contribution in [3.8, 4) is 0 Å². The first kappa shape index (κ1) is 14.4. The predicted octanol–water partition coefficient (Wildman–Crippen LogP) is 4.30. The smallest absolute Gasteiger partial charge is 0.268 e. The number of hydrogen-bond donors (Lipinski definition) is 0. The molecule has 1 aliphatic heterocycles. The van der Waals surface area contributed by atoms with Gasteiger partial charge < -0.3 is 0 Å². The Bertz CT molecular complexity index is 561. The van der Waals surface area contributed by atoms with Gasteiger partial charge in [-0.05, 0) is 42.2 Å². The van der Waals surface area contributed by atoms with Gasteiger partial charge in [-0.25, -0.2) is 0 Å². The number of benzene rings is 1. The fourth-order valence-electron chi connectivity index (χ4n) is 2.99. The molecule has 2 fully saturated rings. The van der Waals surface area contributed by atoms with E-state index in [1.165, 1.54) is 24.2 Å². The lowest BCUT2D eigenvalue weighted by atomic mass is 9.89. The molecule has 0 bridgehead atoms. The molecule has 0 atom stereocenters. The zero-order chi connectivity index (χ0) is 14.7. The second-order valence-electron chi connectivity index (χ2n) is 5.71. The second kappa shape index (κ2) is 6.48. The lowest BCUT2D eigenvalue weighted by Gasteiger charge is -2.25. The third kappa shape index (κ3) is 3.38. The van der Waals surface area contributed by atoms with E-state index in [0.717, 1.165) is 30.2 Å². The van der Waals surface area contributed by atoms with Crippen molar-refractivity contribution in [3.63, 3.8) is 0 Å². The molecule has 1 heterocycles. The van der Waals surface area contributed by atoms with E-state index in [2.05, 4.69) is 0 Å². The Hall–Kier alpha value is -1.55. The van der Waals surface area contributed by atoms with Crippen molar-refractivity contribution >= 4 is 29.0 Å². The van der Waals surface area contributed by atoms with Crippen molar-refractivity contribution < 1.29 is 9.59 Å².